The van der Waals surface area contributed by atoms with Gasteiger partial charge < -0.3 is 15.0 Å². The molecule has 0 aliphatic carbocycles. The van der Waals surface area contributed by atoms with Crippen LogP contribution < -0.4 is 5.32 Å². The van der Waals surface area contributed by atoms with E-state index in [1.807, 2.05) is 49.6 Å². The Bertz CT molecular complexity index is 569. The number of nitrogens with zero attached hydrogens (tertiary/aromatic N) is 2. The van der Waals surface area contributed by atoms with Crippen molar-refractivity contribution in [1.29, 1.82) is 5.26 Å². The van der Waals surface area contributed by atoms with Gasteiger partial charge in [0.2, 0.25) is 0 Å². The quantitative estimate of drug-likeness (QED) is 0.855. The lowest BCUT2D eigenvalue weighted by Crippen LogP contribution is -2.20. The largest absolute Gasteiger partial charge is 0.387 e. The number of aliphatic hydroxyl groups is 1. The molecule has 1 aromatic heterocycles. The molecule has 0 fully saturated rings. The van der Waals surface area contributed by atoms with Crippen LogP contribution in [-0.4, -0.2) is 16.2 Å². The van der Waals surface area contributed by atoms with Gasteiger partial charge in [0.05, 0.1) is 6.10 Å². The molecule has 2 rings (SSSR count). The van der Waals surface area contributed by atoms with Crippen molar-refractivity contribution in [1.82, 2.24) is 9.88 Å². The lowest BCUT2D eigenvalue weighted by atomic mass is 10.1. The summed E-state index contributed by atoms with van der Waals surface area (Å²) in [6, 6.07) is 13.5. The molecule has 1 heterocycles. The third-order valence-electron chi connectivity index (χ3n) is 3.03. The maximum atomic E-state index is 9.98. The maximum absolute atomic E-state index is 9.98. The minimum Gasteiger partial charge on any atom is -0.387 e. The summed E-state index contributed by atoms with van der Waals surface area (Å²) in [5, 5.41) is 22.0. The predicted octanol–water partition coefficient (Wildman–Crippen LogP) is 1.72. The topological polar surface area (TPSA) is 61.0 Å². The van der Waals surface area contributed by atoms with Crippen LogP contribution in [0.1, 0.15) is 22.9 Å². The van der Waals surface area contributed by atoms with Gasteiger partial charge in [0.25, 0.3) is 0 Å². The fourth-order valence-corrected chi connectivity index (χ4v) is 1.99. The average Bonchev–Trinajstić information content (AvgIpc) is 2.80. The van der Waals surface area contributed by atoms with Crippen LogP contribution in [0.2, 0.25) is 0 Å². The Labute approximate surface area is 112 Å². The van der Waals surface area contributed by atoms with Crippen LogP contribution in [0.25, 0.3) is 0 Å². The number of hydrogen-bond donors (Lipinski definition) is 2. The van der Waals surface area contributed by atoms with Crippen molar-refractivity contribution in [2.75, 3.05) is 6.54 Å². The minimum absolute atomic E-state index is 0.487. The fraction of sp³-hybridized carbons (Fsp3) is 0.267. The summed E-state index contributed by atoms with van der Waals surface area (Å²) in [5.74, 6) is 0. The normalized spacial score (nSPS) is 12.1. The standard InChI is InChI=1S/C15H17N3O/c1-18-11-12(7-14(18)8-16)9-17-10-15(19)13-5-3-2-4-6-13/h2-7,11,15,17,19H,9-10H2,1H3. The lowest BCUT2D eigenvalue weighted by molar-refractivity contribution is 0.174. The molecule has 0 aliphatic rings. The molecule has 1 aromatic carbocycles. The van der Waals surface area contributed by atoms with Gasteiger partial charge in [-0.1, -0.05) is 30.3 Å². The fourth-order valence-electron chi connectivity index (χ4n) is 1.99. The smallest absolute Gasteiger partial charge is 0.120 e. The summed E-state index contributed by atoms with van der Waals surface area (Å²) in [5.41, 5.74) is 2.58. The minimum atomic E-state index is -0.514. The van der Waals surface area contributed by atoms with E-state index in [1.54, 1.807) is 4.57 Å². The predicted molar refractivity (Wildman–Crippen MR) is 73.2 cm³/mol. The zero-order valence-electron chi connectivity index (χ0n) is 10.9. The van der Waals surface area contributed by atoms with Crippen LogP contribution in [-0.2, 0) is 13.6 Å². The van der Waals surface area contributed by atoms with Crippen molar-refractivity contribution < 1.29 is 5.11 Å². The van der Waals surface area contributed by atoms with Gasteiger partial charge in [0, 0.05) is 26.3 Å². The van der Waals surface area contributed by atoms with Gasteiger partial charge in [-0.05, 0) is 17.2 Å². The first-order chi connectivity index (χ1) is 9.20. The Morgan fingerprint density at radius 3 is 2.74 bits per heavy atom. The Kier molecular flexibility index (Phi) is 4.35. The maximum Gasteiger partial charge on any atom is 0.120 e. The third kappa shape index (κ3) is 3.44. The van der Waals surface area contributed by atoms with Crippen molar-refractivity contribution in [3.8, 4) is 6.07 Å². The highest BCUT2D eigenvalue weighted by Crippen LogP contribution is 2.11. The summed E-state index contributed by atoms with van der Waals surface area (Å²) < 4.78 is 1.80. The van der Waals surface area contributed by atoms with E-state index in [-0.39, 0.29) is 0 Å². The molecule has 2 aromatic rings. The van der Waals surface area contributed by atoms with Gasteiger partial charge in [-0.15, -0.1) is 0 Å². The number of benzene rings is 1. The van der Waals surface area contributed by atoms with Crippen LogP contribution in [0.4, 0.5) is 0 Å². The van der Waals surface area contributed by atoms with E-state index in [4.69, 9.17) is 5.26 Å². The highest BCUT2D eigenvalue weighted by atomic mass is 16.3. The van der Waals surface area contributed by atoms with Gasteiger partial charge in [-0.25, -0.2) is 0 Å². The van der Waals surface area contributed by atoms with Crippen LogP contribution in [0.3, 0.4) is 0 Å². The zero-order valence-corrected chi connectivity index (χ0v) is 10.9. The number of nitriles is 1. The van der Waals surface area contributed by atoms with Crippen molar-refractivity contribution in [3.05, 3.63) is 59.4 Å². The number of hydrogen-bond acceptors (Lipinski definition) is 3. The Morgan fingerprint density at radius 2 is 2.11 bits per heavy atom. The van der Waals surface area contributed by atoms with E-state index >= 15 is 0 Å². The second-order valence-electron chi connectivity index (χ2n) is 4.51. The molecule has 0 amide bonds. The Hall–Kier alpha value is -2.09. The first-order valence-electron chi connectivity index (χ1n) is 6.20. The van der Waals surface area contributed by atoms with Gasteiger partial charge in [-0.2, -0.15) is 5.26 Å². The van der Waals surface area contributed by atoms with Gasteiger partial charge in [0.15, 0.2) is 0 Å². The lowest BCUT2D eigenvalue weighted by Gasteiger charge is -2.11. The molecular weight excluding hydrogens is 238 g/mol. The number of aliphatic hydroxyl groups excluding tert-OH is 1. The summed E-state index contributed by atoms with van der Waals surface area (Å²) >= 11 is 0. The first kappa shape index (κ1) is 13.3. The van der Waals surface area contributed by atoms with E-state index in [0.29, 0.717) is 18.8 Å². The van der Waals surface area contributed by atoms with Crippen molar-refractivity contribution >= 4 is 0 Å². The Balaban J connectivity index is 1.85. The van der Waals surface area contributed by atoms with Crippen molar-refractivity contribution in [2.24, 2.45) is 7.05 Å². The van der Waals surface area contributed by atoms with Crippen LogP contribution in [0.15, 0.2) is 42.6 Å². The molecule has 4 nitrogen and oxygen atoms in total. The molecule has 2 N–H and O–H groups in total. The molecule has 0 saturated heterocycles. The third-order valence-corrected chi connectivity index (χ3v) is 3.03. The van der Waals surface area contributed by atoms with E-state index < -0.39 is 6.10 Å². The van der Waals surface area contributed by atoms with Gasteiger partial charge >= 0.3 is 0 Å². The van der Waals surface area contributed by atoms with Gasteiger partial charge in [-0.3, -0.25) is 0 Å². The molecule has 19 heavy (non-hydrogen) atoms. The van der Waals surface area contributed by atoms with Crippen LogP contribution >= 0.6 is 0 Å². The zero-order chi connectivity index (χ0) is 13.7. The molecule has 98 valence electrons. The summed E-state index contributed by atoms with van der Waals surface area (Å²) in [4.78, 5) is 0. The summed E-state index contributed by atoms with van der Waals surface area (Å²) in [6.07, 6.45) is 1.40. The molecule has 1 atom stereocenters. The number of rotatable bonds is 5. The van der Waals surface area contributed by atoms with Crippen LogP contribution in [0.5, 0.6) is 0 Å². The molecule has 0 bridgehead atoms. The Morgan fingerprint density at radius 1 is 1.37 bits per heavy atom. The van der Waals surface area contributed by atoms with E-state index in [0.717, 1.165) is 11.1 Å². The number of nitrogens with one attached hydrogen (secondary N) is 1. The molecule has 4 heteroatoms. The monoisotopic (exact) mass is 255 g/mol. The van der Waals surface area contributed by atoms with Crippen LogP contribution in [0, 0.1) is 11.3 Å². The highest BCUT2D eigenvalue weighted by molar-refractivity contribution is 5.28. The second-order valence-corrected chi connectivity index (χ2v) is 4.51. The molecular formula is C15H17N3O. The SMILES string of the molecule is Cn1cc(CNCC(O)c2ccccc2)cc1C#N. The van der Waals surface area contributed by atoms with E-state index in [9.17, 15) is 5.11 Å². The number of aryl methyl sites for hydroxylation is 1. The molecule has 0 aliphatic heterocycles. The highest BCUT2D eigenvalue weighted by Gasteiger charge is 2.07. The molecule has 1 unspecified atom stereocenters. The average molecular weight is 255 g/mol. The van der Waals surface area contributed by atoms with Crippen molar-refractivity contribution in [3.63, 3.8) is 0 Å². The van der Waals surface area contributed by atoms with E-state index in [2.05, 4.69) is 11.4 Å². The second kappa shape index (κ2) is 6.19. The first-order valence-corrected chi connectivity index (χ1v) is 6.20. The molecule has 0 saturated carbocycles. The van der Waals surface area contributed by atoms with Crippen molar-refractivity contribution in [2.45, 2.75) is 12.6 Å². The summed E-state index contributed by atoms with van der Waals surface area (Å²) in [7, 11) is 1.85. The summed E-state index contributed by atoms with van der Waals surface area (Å²) in [6.45, 7) is 1.13. The van der Waals surface area contributed by atoms with Gasteiger partial charge in [0.1, 0.15) is 11.8 Å². The van der Waals surface area contributed by atoms with E-state index in [1.165, 1.54) is 0 Å². The number of aromatic nitrogens is 1. The molecule has 0 radical (unpaired) electrons. The molecule has 0 spiro atoms.